The molecule has 0 aliphatic rings. The van der Waals surface area contributed by atoms with Gasteiger partial charge < -0.3 is 5.11 Å². The Balaban J connectivity index is 3.22. The summed E-state index contributed by atoms with van der Waals surface area (Å²) >= 11 is 0.00441. The van der Waals surface area contributed by atoms with E-state index in [-0.39, 0.29) is 30.0 Å². The summed E-state index contributed by atoms with van der Waals surface area (Å²) in [6.45, 7) is 1.87. The number of hydrogen-bond acceptors (Lipinski definition) is 2. The zero-order valence-corrected chi connectivity index (χ0v) is 7.71. The fraction of sp³-hybridized carbons (Fsp3) is 1.00. The van der Waals surface area contributed by atoms with Crippen LogP contribution in [-0.4, -0.2) is 23.0 Å². The Hall–Kier alpha value is 0.100. The van der Waals surface area contributed by atoms with E-state index in [9.17, 15) is 13.2 Å². The lowest BCUT2D eigenvalue weighted by Gasteiger charge is -2.08. The summed E-state index contributed by atoms with van der Waals surface area (Å²) < 4.78 is 34.7. The topological polar surface area (TPSA) is 20.2 Å². The Labute approximate surface area is 74.3 Å². The first-order chi connectivity index (χ1) is 5.45. The van der Waals surface area contributed by atoms with Crippen molar-refractivity contribution in [2.75, 3.05) is 12.4 Å². The molecule has 0 spiro atoms. The molecule has 0 aliphatic carbocycles. The van der Waals surface area contributed by atoms with Crippen LogP contribution in [-0.2, 0) is 0 Å². The van der Waals surface area contributed by atoms with Gasteiger partial charge in [-0.2, -0.15) is 13.2 Å². The van der Waals surface area contributed by atoms with Gasteiger partial charge in [-0.1, -0.05) is 18.7 Å². The maximum atomic E-state index is 11.6. The largest absolute Gasteiger partial charge is 0.441 e. The molecule has 5 heteroatoms. The van der Waals surface area contributed by atoms with E-state index in [0.717, 1.165) is 0 Å². The van der Waals surface area contributed by atoms with Crippen LogP contribution in [0.2, 0.25) is 0 Å². The van der Waals surface area contributed by atoms with Crippen molar-refractivity contribution in [1.29, 1.82) is 0 Å². The molecular formula is C7H13F3OS. The average molecular weight is 202 g/mol. The number of halogens is 3. The molecule has 0 saturated heterocycles. The van der Waals surface area contributed by atoms with Crippen molar-refractivity contribution >= 4 is 11.8 Å². The number of rotatable bonds is 5. The van der Waals surface area contributed by atoms with Crippen molar-refractivity contribution in [3.05, 3.63) is 0 Å². The summed E-state index contributed by atoms with van der Waals surface area (Å²) in [7, 11) is 0. The van der Waals surface area contributed by atoms with Gasteiger partial charge >= 0.3 is 5.51 Å². The van der Waals surface area contributed by atoms with E-state index < -0.39 is 5.51 Å². The Morgan fingerprint density at radius 1 is 1.42 bits per heavy atom. The highest BCUT2D eigenvalue weighted by Gasteiger charge is 2.27. The fourth-order valence-corrected chi connectivity index (χ4v) is 1.25. The predicted molar refractivity (Wildman–Crippen MR) is 44.0 cm³/mol. The zero-order chi connectivity index (χ0) is 9.61. The maximum absolute atomic E-state index is 11.6. The minimum absolute atomic E-state index is 0.00441. The molecule has 1 nitrogen and oxygen atoms in total. The molecule has 0 aromatic carbocycles. The average Bonchev–Trinajstić information content (AvgIpc) is 1.96. The second-order valence-corrected chi connectivity index (χ2v) is 3.88. The first kappa shape index (κ1) is 12.1. The Kier molecular flexibility index (Phi) is 5.74. The molecule has 74 valence electrons. The number of aliphatic hydroxyl groups excluding tert-OH is 1. The number of thioether (sulfide) groups is 1. The van der Waals surface area contributed by atoms with Gasteiger partial charge in [-0.25, -0.2) is 0 Å². The molecule has 0 aliphatic heterocycles. The Morgan fingerprint density at radius 2 is 2.00 bits per heavy atom. The van der Waals surface area contributed by atoms with Gasteiger partial charge in [-0.3, -0.25) is 0 Å². The standard InChI is InChI=1S/C7H13F3OS/c1-6(5-11)3-2-4-12-7(8,9)10/h6,11H,2-5H2,1H3. The SMILES string of the molecule is CC(CO)CCCSC(F)(F)F. The van der Waals surface area contributed by atoms with Gasteiger partial charge in [0.2, 0.25) is 0 Å². The third kappa shape index (κ3) is 8.20. The van der Waals surface area contributed by atoms with Gasteiger partial charge in [0.15, 0.2) is 0 Å². The van der Waals surface area contributed by atoms with Gasteiger partial charge in [0.05, 0.1) is 0 Å². The van der Waals surface area contributed by atoms with Gasteiger partial charge in [-0.15, -0.1) is 0 Å². The molecule has 0 rings (SSSR count). The molecule has 0 aromatic heterocycles. The summed E-state index contributed by atoms with van der Waals surface area (Å²) in [5, 5.41) is 8.56. The molecule has 0 saturated carbocycles. The van der Waals surface area contributed by atoms with Crippen molar-refractivity contribution in [3.8, 4) is 0 Å². The van der Waals surface area contributed by atoms with E-state index in [1.165, 1.54) is 0 Å². The van der Waals surface area contributed by atoms with Crippen molar-refractivity contribution < 1.29 is 18.3 Å². The van der Waals surface area contributed by atoms with E-state index in [4.69, 9.17) is 5.11 Å². The van der Waals surface area contributed by atoms with E-state index in [2.05, 4.69) is 0 Å². The molecule has 0 amide bonds. The van der Waals surface area contributed by atoms with Crippen LogP contribution in [0.25, 0.3) is 0 Å². The number of aliphatic hydroxyl groups is 1. The lowest BCUT2D eigenvalue weighted by Crippen LogP contribution is -2.04. The smallest absolute Gasteiger partial charge is 0.396 e. The van der Waals surface area contributed by atoms with E-state index >= 15 is 0 Å². The van der Waals surface area contributed by atoms with E-state index in [0.29, 0.717) is 12.8 Å². The van der Waals surface area contributed by atoms with Crippen LogP contribution in [0.4, 0.5) is 13.2 Å². The van der Waals surface area contributed by atoms with Crippen LogP contribution in [0.1, 0.15) is 19.8 Å². The zero-order valence-electron chi connectivity index (χ0n) is 6.90. The second-order valence-electron chi connectivity index (χ2n) is 2.72. The highest BCUT2D eigenvalue weighted by molar-refractivity contribution is 8.00. The lowest BCUT2D eigenvalue weighted by molar-refractivity contribution is -0.0328. The third-order valence-corrected chi connectivity index (χ3v) is 2.24. The molecule has 0 aromatic rings. The van der Waals surface area contributed by atoms with Crippen LogP contribution in [0.5, 0.6) is 0 Å². The van der Waals surface area contributed by atoms with Crippen molar-refractivity contribution in [1.82, 2.24) is 0 Å². The van der Waals surface area contributed by atoms with Crippen molar-refractivity contribution in [2.24, 2.45) is 5.92 Å². The summed E-state index contributed by atoms with van der Waals surface area (Å²) in [5.41, 5.74) is -4.11. The van der Waals surface area contributed by atoms with Crippen LogP contribution in [0.15, 0.2) is 0 Å². The summed E-state index contributed by atoms with van der Waals surface area (Å²) in [5.74, 6) is 0.201. The highest BCUT2D eigenvalue weighted by atomic mass is 32.2. The molecule has 0 radical (unpaired) electrons. The summed E-state index contributed by atoms with van der Waals surface area (Å²) in [4.78, 5) is 0. The van der Waals surface area contributed by atoms with Gasteiger partial charge in [0.1, 0.15) is 0 Å². The monoisotopic (exact) mass is 202 g/mol. The first-order valence-corrected chi connectivity index (χ1v) is 4.76. The van der Waals surface area contributed by atoms with Gasteiger partial charge in [0, 0.05) is 12.4 Å². The molecule has 1 unspecified atom stereocenters. The predicted octanol–water partition coefficient (Wildman–Crippen LogP) is 2.65. The van der Waals surface area contributed by atoms with Gasteiger partial charge in [0.25, 0.3) is 0 Å². The van der Waals surface area contributed by atoms with E-state index in [1.54, 1.807) is 0 Å². The number of hydrogen-bond donors (Lipinski definition) is 1. The van der Waals surface area contributed by atoms with Crippen molar-refractivity contribution in [3.63, 3.8) is 0 Å². The molecular weight excluding hydrogens is 189 g/mol. The molecule has 1 atom stereocenters. The third-order valence-electron chi connectivity index (χ3n) is 1.42. The quantitative estimate of drug-likeness (QED) is 0.691. The number of alkyl halides is 3. The lowest BCUT2D eigenvalue weighted by atomic mass is 10.1. The second kappa shape index (κ2) is 5.70. The Bertz CT molecular complexity index is 116. The molecule has 0 bridgehead atoms. The Morgan fingerprint density at radius 3 is 2.42 bits per heavy atom. The maximum Gasteiger partial charge on any atom is 0.441 e. The fourth-order valence-electron chi connectivity index (χ4n) is 0.711. The molecule has 1 N–H and O–H groups in total. The normalized spacial score (nSPS) is 14.8. The molecule has 0 fully saturated rings. The van der Waals surface area contributed by atoms with Crippen LogP contribution < -0.4 is 0 Å². The molecule has 12 heavy (non-hydrogen) atoms. The van der Waals surface area contributed by atoms with E-state index in [1.807, 2.05) is 6.92 Å². The summed E-state index contributed by atoms with van der Waals surface area (Å²) in [6, 6.07) is 0. The first-order valence-electron chi connectivity index (χ1n) is 3.77. The van der Waals surface area contributed by atoms with Crippen LogP contribution in [0, 0.1) is 5.92 Å². The molecule has 0 heterocycles. The highest BCUT2D eigenvalue weighted by Crippen LogP contribution is 2.30. The van der Waals surface area contributed by atoms with Crippen molar-refractivity contribution in [2.45, 2.75) is 25.3 Å². The van der Waals surface area contributed by atoms with Gasteiger partial charge in [-0.05, 0) is 18.8 Å². The van der Waals surface area contributed by atoms with Crippen LogP contribution in [0.3, 0.4) is 0 Å². The minimum Gasteiger partial charge on any atom is -0.396 e. The van der Waals surface area contributed by atoms with Crippen LogP contribution >= 0.6 is 11.8 Å². The summed E-state index contributed by atoms with van der Waals surface area (Å²) in [6.07, 6.45) is 1.16. The minimum atomic E-state index is -4.11.